The zero-order valence-corrected chi connectivity index (χ0v) is 17.2. The molecule has 0 spiro atoms. The van der Waals surface area contributed by atoms with Crippen molar-refractivity contribution >= 4 is 0 Å². The highest BCUT2D eigenvalue weighted by molar-refractivity contribution is 4.81. The Hall–Kier alpha value is -0.380. The van der Waals surface area contributed by atoms with Crippen molar-refractivity contribution in [2.75, 3.05) is 32.7 Å². The van der Waals surface area contributed by atoms with Crippen molar-refractivity contribution in [1.82, 2.24) is 10.6 Å². The molecule has 25 heavy (non-hydrogen) atoms. The van der Waals surface area contributed by atoms with Gasteiger partial charge in [-0.05, 0) is 38.6 Å². The highest BCUT2D eigenvalue weighted by Crippen LogP contribution is 2.09. The molecule has 0 fully saturated rings. The topological polar surface area (TPSA) is 50.1 Å². The first-order valence-electron chi connectivity index (χ1n) is 11.2. The summed E-state index contributed by atoms with van der Waals surface area (Å²) in [6.07, 6.45) is 24.1. The first-order chi connectivity index (χ1) is 12.4. The van der Waals surface area contributed by atoms with Crippen molar-refractivity contribution < 1.29 is 0 Å². The fraction of sp³-hybridized carbons (Fsp3) is 0.909. The molecule has 3 heteroatoms. The van der Waals surface area contributed by atoms with Crippen LogP contribution in [0.25, 0.3) is 0 Å². The summed E-state index contributed by atoms with van der Waals surface area (Å²) in [6, 6.07) is 0. The molecule has 4 N–H and O–H groups in total. The van der Waals surface area contributed by atoms with E-state index in [1.165, 1.54) is 89.9 Å². The van der Waals surface area contributed by atoms with E-state index >= 15 is 0 Å². The van der Waals surface area contributed by atoms with Crippen molar-refractivity contribution in [2.45, 2.75) is 96.8 Å². The number of rotatable bonds is 21. The minimum Gasteiger partial charge on any atom is -0.329 e. The molecule has 0 aromatic rings. The molecule has 0 bridgehead atoms. The van der Waals surface area contributed by atoms with E-state index in [-0.39, 0.29) is 0 Å². The van der Waals surface area contributed by atoms with Crippen molar-refractivity contribution in [1.29, 1.82) is 0 Å². The quantitative estimate of drug-likeness (QED) is 0.197. The molecule has 0 saturated carbocycles. The van der Waals surface area contributed by atoms with Gasteiger partial charge in [0.25, 0.3) is 0 Å². The summed E-state index contributed by atoms with van der Waals surface area (Å²) >= 11 is 0. The zero-order chi connectivity index (χ0) is 18.3. The second-order valence-corrected chi connectivity index (χ2v) is 7.23. The molecule has 0 aliphatic rings. The maximum Gasteiger partial charge on any atom is 0.00772 e. The van der Waals surface area contributed by atoms with Gasteiger partial charge < -0.3 is 16.4 Å². The average Bonchev–Trinajstić information content (AvgIpc) is 2.63. The summed E-state index contributed by atoms with van der Waals surface area (Å²) in [5.74, 6) is 0. The molecule has 0 aliphatic heterocycles. The van der Waals surface area contributed by atoms with E-state index < -0.39 is 0 Å². The number of hydrogen-bond donors (Lipinski definition) is 3. The minimum absolute atomic E-state index is 0.731. The van der Waals surface area contributed by atoms with Crippen LogP contribution < -0.4 is 16.4 Å². The van der Waals surface area contributed by atoms with Gasteiger partial charge in [0.1, 0.15) is 0 Å². The normalized spacial score (nSPS) is 11.6. The molecule has 0 radical (unpaired) electrons. The van der Waals surface area contributed by atoms with Gasteiger partial charge in [0.05, 0.1) is 0 Å². The summed E-state index contributed by atoms with van der Waals surface area (Å²) < 4.78 is 0. The van der Waals surface area contributed by atoms with Gasteiger partial charge in [-0.25, -0.2) is 0 Å². The Morgan fingerprint density at radius 2 is 1.04 bits per heavy atom. The fourth-order valence-corrected chi connectivity index (χ4v) is 3.03. The first kappa shape index (κ1) is 24.6. The second kappa shape index (κ2) is 23.6. The van der Waals surface area contributed by atoms with E-state index in [1.807, 2.05) is 0 Å². The molecule has 150 valence electrons. The van der Waals surface area contributed by atoms with E-state index in [0.717, 1.165) is 32.7 Å². The highest BCUT2D eigenvalue weighted by Gasteiger charge is 1.92. The Balaban J connectivity index is 3.03. The van der Waals surface area contributed by atoms with Gasteiger partial charge in [0.2, 0.25) is 0 Å². The molecule has 0 rings (SSSR count). The minimum atomic E-state index is 0.731. The van der Waals surface area contributed by atoms with Crippen LogP contribution in [0.3, 0.4) is 0 Å². The zero-order valence-electron chi connectivity index (χ0n) is 17.2. The highest BCUT2D eigenvalue weighted by atomic mass is 14.9. The lowest BCUT2D eigenvalue weighted by atomic mass is 10.1. The standard InChI is InChI=1S/C22H47N3/c1-2-3-4-5-6-7-8-9-10-11-12-13-14-15-16-17-19-24-21-22-25-20-18-23/h9-10,24-25H,2-8,11-23H2,1H3. The molecule has 0 aromatic heterocycles. The van der Waals surface area contributed by atoms with Gasteiger partial charge in [-0.1, -0.05) is 76.9 Å². The maximum absolute atomic E-state index is 5.43. The van der Waals surface area contributed by atoms with Gasteiger partial charge in [-0.2, -0.15) is 0 Å². The molecule has 0 saturated heterocycles. The van der Waals surface area contributed by atoms with Gasteiger partial charge in [-0.3, -0.25) is 0 Å². The molecule has 0 heterocycles. The van der Waals surface area contributed by atoms with Gasteiger partial charge in [-0.15, -0.1) is 0 Å². The molecular formula is C22H47N3. The monoisotopic (exact) mass is 353 g/mol. The van der Waals surface area contributed by atoms with E-state index in [2.05, 4.69) is 29.7 Å². The summed E-state index contributed by atoms with van der Waals surface area (Å²) in [5, 5.41) is 6.78. The number of unbranched alkanes of at least 4 members (excludes halogenated alkanes) is 12. The Bertz CT molecular complexity index is 254. The predicted octanol–water partition coefficient (Wildman–Crippen LogP) is 5.16. The van der Waals surface area contributed by atoms with Crippen LogP contribution in [0, 0.1) is 0 Å². The summed E-state index contributed by atoms with van der Waals surface area (Å²) in [4.78, 5) is 0. The Labute approximate surface area is 158 Å². The Kier molecular flexibility index (Phi) is 23.3. The molecule has 0 aliphatic carbocycles. The molecule has 0 aromatic carbocycles. The summed E-state index contributed by atoms with van der Waals surface area (Å²) in [7, 11) is 0. The van der Waals surface area contributed by atoms with E-state index in [4.69, 9.17) is 5.73 Å². The van der Waals surface area contributed by atoms with Gasteiger partial charge >= 0.3 is 0 Å². The average molecular weight is 354 g/mol. The largest absolute Gasteiger partial charge is 0.329 e. The van der Waals surface area contributed by atoms with Crippen LogP contribution in [0.15, 0.2) is 12.2 Å². The third-order valence-electron chi connectivity index (χ3n) is 4.67. The third kappa shape index (κ3) is 23.6. The molecule has 0 atom stereocenters. The number of nitrogens with one attached hydrogen (secondary N) is 2. The van der Waals surface area contributed by atoms with Crippen LogP contribution in [0.2, 0.25) is 0 Å². The van der Waals surface area contributed by atoms with Gasteiger partial charge in [0.15, 0.2) is 0 Å². The molecular weight excluding hydrogens is 306 g/mol. The van der Waals surface area contributed by atoms with Crippen LogP contribution in [-0.4, -0.2) is 32.7 Å². The molecule has 0 amide bonds. The van der Waals surface area contributed by atoms with Crippen molar-refractivity contribution in [3.8, 4) is 0 Å². The molecule has 0 unspecified atom stereocenters. The lowest BCUT2D eigenvalue weighted by molar-refractivity contribution is 0.555. The predicted molar refractivity (Wildman–Crippen MR) is 114 cm³/mol. The lowest BCUT2D eigenvalue weighted by Gasteiger charge is -2.05. The first-order valence-corrected chi connectivity index (χ1v) is 11.2. The number of nitrogens with two attached hydrogens (primary N) is 1. The van der Waals surface area contributed by atoms with Gasteiger partial charge in [0, 0.05) is 26.2 Å². The Morgan fingerprint density at radius 3 is 1.60 bits per heavy atom. The fourth-order valence-electron chi connectivity index (χ4n) is 3.03. The summed E-state index contributed by atoms with van der Waals surface area (Å²) in [5.41, 5.74) is 5.43. The maximum atomic E-state index is 5.43. The number of allylic oxidation sites excluding steroid dienone is 2. The SMILES string of the molecule is CCCCCCCCC=CCCCCCCCCNCCNCCN. The van der Waals surface area contributed by atoms with E-state index in [1.54, 1.807) is 0 Å². The third-order valence-corrected chi connectivity index (χ3v) is 4.67. The Morgan fingerprint density at radius 1 is 0.560 bits per heavy atom. The number of hydrogen-bond acceptors (Lipinski definition) is 3. The van der Waals surface area contributed by atoms with Crippen molar-refractivity contribution in [3.05, 3.63) is 12.2 Å². The summed E-state index contributed by atoms with van der Waals surface area (Å²) in [6.45, 7) is 7.19. The van der Waals surface area contributed by atoms with Crippen molar-refractivity contribution in [2.24, 2.45) is 5.73 Å². The van der Waals surface area contributed by atoms with E-state index in [0.29, 0.717) is 0 Å². The van der Waals surface area contributed by atoms with Crippen LogP contribution in [0.5, 0.6) is 0 Å². The van der Waals surface area contributed by atoms with Crippen LogP contribution in [-0.2, 0) is 0 Å². The van der Waals surface area contributed by atoms with E-state index in [9.17, 15) is 0 Å². The van der Waals surface area contributed by atoms with Crippen LogP contribution >= 0.6 is 0 Å². The second-order valence-electron chi connectivity index (χ2n) is 7.23. The molecule has 3 nitrogen and oxygen atoms in total. The lowest BCUT2D eigenvalue weighted by Crippen LogP contribution is -2.31. The smallest absolute Gasteiger partial charge is 0.00772 e. The van der Waals surface area contributed by atoms with Crippen molar-refractivity contribution in [3.63, 3.8) is 0 Å². The van der Waals surface area contributed by atoms with Crippen LogP contribution in [0.1, 0.15) is 96.8 Å². The van der Waals surface area contributed by atoms with Crippen LogP contribution in [0.4, 0.5) is 0 Å².